The van der Waals surface area contributed by atoms with E-state index < -0.39 is 0 Å². The lowest BCUT2D eigenvalue weighted by molar-refractivity contribution is 0.145. The van der Waals surface area contributed by atoms with Crippen LogP contribution in [0.2, 0.25) is 0 Å². The van der Waals surface area contributed by atoms with Gasteiger partial charge in [-0.25, -0.2) is 4.99 Å². The number of methoxy groups -OCH3 is 1. The zero-order chi connectivity index (χ0) is 19.2. The van der Waals surface area contributed by atoms with Gasteiger partial charge in [0, 0.05) is 36.7 Å². The van der Waals surface area contributed by atoms with Gasteiger partial charge in [0.25, 0.3) is 0 Å². The molecule has 6 heteroatoms. The van der Waals surface area contributed by atoms with Gasteiger partial charge in [-0.05, 0) is 49.6 Å². The Bertz CT molecular complexity index is 825. The Morgan fingerprint density at radius 1 is 1.22 bits per heavy atom. The van der Waals surface area contributed by atoms with Crippen molar-refractivity contribution in [2.24, 2.45) is 10.7 Å². The molecule has 142 valence electrons. The van der Waals surface area contributed by atoms with E-state index in [0.29, 0.717) is 11.6 Å². The number of nitrogens with two attached hydrogens (primary N) is 1. The highest BCUT2D eigenvalue weighted by atomic mass is 16.5. The summed E-state index contributed by atoms with van der Waals surface area (Å²) >= 11 is 0. The largest absolute Gasteiger partial charge is 0.493 e. The van der Waals surface area contributed by atoms with Crippen LogP contribution < -0.4 is 10.6 Å². The molecule has 0 aliphatic carbocycles. The summed E-state index contributed by atoms with van der Waals surface area (Å²) in [5, 5.41) is 9.72. The number of allylic oxidation sites excluding steroid dienone is 1. The molecule has 27 heavy (non-hydrogen) atoms. The summed E-state index contributed by atoms with van der Waals surface area (Å²) in [5.41, 5.74) is 10.0. The third-order valence-electron chi connectivity index (χ3n) is 4.80. The molecule has 0 saturated carbocycles. The van der Waals surface area contributed by atoms with Crippen LogP contribution in [0.4, 0.5) is 11.4 Å². The second-order valence-electron chi connectivity index (χ2n) is 6.63. The van der Waals surface area contributed by atoms with E-state index in [1.165, 1.54) is 0 Å². The molecular weight excluding hydrogens is 340 g/mol. The molecule has 0 spiro atoms. The molecule has 0 bridgehead atoms. The van der Waals surface area contributed by atoms with Crippen molar-refractivity contribution in [2.75, 3.05) is 25.1 Å². The summed E-state index contributed by atoms with van der Waals surface area (Å²) in [5.74, 6) is 0.880. The molecule has 3 rings (SSSR count). The first-order chi connectivity index (χ1) is 13.1. The maximum atomic E-state index is 9.72. The van der Waals surface area contributed by atoms with Crippen LogP contribution in [-0.2, 0) is 4.74 Å². The van der Waals surface area contributed by atoms with Gasteiger partial charge in [-0.15, -0.1) is 0 Å². The Morgan fingerprint density at radius 3 is 2.59 bits per heavy atom. The van der Waals surface area contributed by atoms with Crippen LogP contribution in [0.25, 0.3) is 5.57 Å². The maximum Gasteiger partial charge on any atom is 0.166 e. The fraction of sp³-hybridized carbons (Fsp3) is 0.333. The molecule has 3 N–H and O–H groups in total. The lowest BCUT2D eigenvalue weighted by Crippen LogP contribution is -2.35. The van der Waals surface area contributed by atoms with Crippen LogP contribution in [0.3, 0.4) is 0 Å². The minimum atomic E-state index is -0.185. The molecule has 1 aromatic carbocycles. The Morgan fingerprint density at radius 2 is 1.93 bits per heavy atom. The minimum Gasteiger partial charge on any atom is -0.493 e. The number of hydrogen-bond donors (Lipinski definition) is 2. The lowest BCUT2D eigenvalue weighted by Gasteiger charge is -2.31. The number of hydrogen-bond acceptors (Lipinski definition) is 5. The summed E-state index contributed by atoms with van der Waals surface area (Å²) in [6.07, 6.45) is 4.76. The second kappa shape index (κ2) is 8.68. The predicted molar refractivity (Wildman–Crippen MR) is 109 cm³/mol. The van der Waals surface area contributed by atoms with Crippen LogP contribution in [0.1, 0.15) is 25.3 Å². The molecular formula is C21H26N4O2. The molecule has 0 atom stereocenters. The van der Waals surface area contributed by atoms with E-state index in [2.05, 4.69) is 27.0 Å². The molecule has 0 amide bonds. The van der Waals surface area contributed by atoms with Crippen molar-refractivity contribution in [3.8, 4) is 0 Å². The van der Waals surface area contributed by atoms with Crippen molar-refractivity contribution in [2.45, 2.75) is 25.9 Å². The molecule has 6 nitrogen and oxygen atoms in total. The molecule has 1 aliphatic rings. The van der Waals surface area contributed by atoms with Gasteiger partial charge in [0.15, 0.2) is 11.6 Å². The smallest absolute Gasteiger partial charge is 0.166 e. The molecule has 2 heterocycles. The fourth-order valence-electron chi connectivity index (χ4n) is 3.25. The summed E-state index contributed by atoms with van der Waals surface area (Å²) in [7, 11) is 1.60. The predicted octanol–water partition coefficient (Wildman–Crippen LogP) is 3.11. The number of benzene rings is 1. The number of aliphatic hydroxyl groups is 1. The maximum absolute atomic E-state index is 9.72. The van der Waals surface area contributed by atoms with Crippen LogP contribution >= 0.6 is 0 Å². The van der Waals surface area contributed by atoms with Crippen LogP contribution in [0, 0.1) is 0 Å². The number of nitrogens with zero attached hydrogens (tertiary/aromatic N) is 3. The number of piperidine rings is 1. The normalized spacial score (nSPS) is 16.9. The number of aromatic nitrogens is 1. The van der Waals surface area contributed by atoms with Gasteiger partial charge in [-0.2, -0.15) is 0 Å². The number of rotatable bonds is 5. The number of aliphatic imine (C=N–C) groups is 1. The van der Waals surface area contributed by atoms with Gasteiger partial charge in [0.2, 0.25) is 0 Å². The van der Waals surface area contributed by atoms with Crippen molar-refractivity contribution >= 4 is 22.8 Å². The Labute approximate surface area is 160 Å². The SMILES string of the molecule is CO/C(C(N)=Nc1ccncc1)=C(/C)c1cccc(N2CCC(O)CC2)c1. The van der Waals surface area contributed by atoms with E-state index in [1.54, 1.807) is 31.6 Å². The summed E-state index contributed by atoms with van der Waals surface area (Å²) < 4.78 is 5.56. The van der Waals surface area contributed by atoms with Crippen molar-refractivity contribution in [1.82, 2.24) is 4.98 Å². The van der Waals surface area contributed by atoms with E-state index >= 15 is 0 Å². The second-order valence-corrected chi connectivity index (χ2v) is 6.63. The summed E-state index contributed by atoms with van der Waals surface area (Å²) in [6.45, 7) is 3.69. The zero-order valence-corrected chi connectivity index (χ0v) is 15.8. The first kappa shape index (κ1) is 18.9. The topological polar surface area (TPSA) is 84.0 Å². The molecule has 1 aromatic heterocycles. The van der Waals surface area contributed by atoms with E-state index in [4.69, 9.17) is 10.5 Å². The molecule has 1 saturated heterocycles. The van der Waals surface area contributed by atoms with E-state index in [9.17, 15) is 5.11 Å². The first-order valence-corrected chi connectivity index (χ1v) is 9.11. The van der Waals surface area contributed by atoms with Gasteiger partial charge < -0.3 is 20.5 Å². The fourth-order valence-corrected chi connectivity index (χ4v) is 3.25. The molecule has 1 fully saturated rings. The Balaban J connectivity index is 1.89. The van der Waals surface area contributed by atoms with Gasteiger partial charge >= 0.3 is 0 Å². The van der Waals surface area contributed by atoms with E-state index in [-0.39, 0.29) is 6.10 Å². The van der Waals surface area contributed by atoms with Crippen LogP contribution in [-0.4, -0.2) is 42.2 Å². The van der Waals surface area contributed by atoms with Crippen molar-refractivity contribution < 1.29 is 9.84 Å². The summed E-state index contributed by atoms with van der Waals surface area (Å²) in [6, 6.07) is 11.9. The van der Waals surface area contributed by atoms with Gasteiger partial charge in [-0.1, -0.05) is 12.1 Å². The average molecular weight is 366 g/mol. The average Bonchev–Trinajstić information content (AvgIpc) is 2.70. The number of anilines is 1. The minimum absolute atomic E-state index is 0.185. The third-order valence-corrected chi connectivity index (χ3v) is 4.80. The monoisotopic (exact) mass is 366 g/mol. The number of amidine groups is 1. The van der Waals surface area contributed by atoms with E-state index in [0.717, 1.165) is 48.4 Å². The molecule has 0 unspecified atom stereocenters. The Hall–Kier alpha value is -2.86. The summed E-state index contributed by atoms with van der Waals surface area (Å²) in [4.78, 5) is 10.7. The molecule has 0 radical (unpaired) electrons. The van der Waals surface area contributed by atoms with Crippen LogP contribution in [0.15, 0.2) is 59.5 Å². The number of aliphatic hydroxyl groups excluding tert-OH is 1. The number of ether oxygens (including phenoxy) is 1. The van der Waals surface area contributed by atoms with Gasteiger partial charge in [0.05, 0.1) is 18.9 Å². The van der Waals surface area contributed by atoms with E-state index in [1.807, 2.05) is 19.1 Å². The van der Waals surface area contributed by atoms with Crippen molar-refractivity contribution in [3.63, 3.8) is 0 Å². The highest BCUT2D eigenvalue weighted by Crippen LogP contribution is 2.26. The lowest BCUT2D eigenvalue weighted by atomic mass is 10.0. The quantitative estimate of drug-likeness (QED) is 0.483. The van der Waals surface area contributed by atoms with Gasteiger partial charge in [-0.3, -0.25) is 4.98 Å². The standard InChI is InChI=1S/C21H26N4O2/c1-15(20(27-2)21(22)24-17-6-10-23-11-7-17)16-4-3-5-18(14-16)25-12-8-19(26)9-13-25/h3-7,10-11,14,19,26H,8-9,12-13H2,1-2H3,(H2,22,23,24)/b20-15-. The Kier molecular flexibility index (Phi) is 6.08. The third kappa shape index (κ3) is 4.65. The zero-order valence-electron chi connectivity index (χ0n) is 15.8. The van der Waals surface area contributed by atoms with Gasteiger partial charge in [0.1, 0.15) is 0 Å². The highest BCUT2D eigenvalue weighted by Gasteiger charge is 2.18. The van der Waals surface area contributed by atoms with Crippen molar-refractivity contribution in [3.05, 3.63) is 60.1 Å². The molecule has 1 aliphatic heterocycles. The molecule has 2 aromatic rings. The van der Waals surface area contributed by atoms with Crippen molar-refractivity contribution in [1.29, 1.82) is 0 Å². The number of pyridine rings is 1. The highest BCUT2D eigenvalue weighted by molar-refractivity contribution is 6.03. The van der Waals surface area contributed by atoms with Crippen LogP contribution in [0.5, 0.6) is 0 Å². The first-order valence-electron chi connectivity index (χ1n) is 9.11.